The summed E-state index contributed by atoms with van der Waals surface area (Å²) in [5.74, 6) is 1.56. The van der Waals surface area contributed by atoms with Crippen LogP contribution in [-0.4, -0.2) is 60.9 Å². The summed E-state index contributed by atoms with van der Waals surface area (Å²) in [6, 6.07) is 14.3. The van der Waals surface area contributed by atoms with Crippen LogP contribution in [0.3, 0.4) is 0 Å². The number of nitrogens with one attached hydrogen (secondary N) is 1. The highest BCUT2D eigenvalue weighted by molar-refractivity contribution is 6.04. The van der Waals surface area contributed by atoms with Crippen molar-refractivity contribution in [1.82, 2.24) is 34.2 Å². The third kappa shape index (κ3) is 6.08. The second-order valence-electron chi connectivity index (χ2n) is 12.3. The number of amides is 1. The molecule has 242 valence electrons. The number of rotatable bonds is 9. The van der Waals surface area contributed by atoms with Crippen LogP contribution in [0.1, 0.15) is 71.5 Å². The Morgan fingerprint density at radius 3 is 2.70 bits per heavy atom. The monoisotopic (exact) mass is 636 g/mol. The van der Waals surface area contributed by atoms with Gasteiger partial charge in [-0.3, -0.25) is 9.69 Å². The zero-order chi connectivity index (χ0) is 32.7. The van der Waals surface area contributed by atoms with Crippen LogP contribution in [0.2, 0.25) is 0 Å². The molecule has 1 aliphatic carbocycles. The van der Waals surface area contributed by atoms with Crippen LogP contribution in [0, 0.1) is 5.82 Å². The van der Waals surface area contributed by atoms with E-state index in [1.807, 2.05) is 47.5 Å². The van der Waals surface area contributed by atoms with Crippen molar-refractivity contribution < 1.29 is 18.7 Å². The van der Waals surface area contributed by atoms with Crippen LogP contribution in [0.15, 0.2) is 61.2 Å². The van der Waals surface area contributed by atoms with Gasteiger partial charge in [-0.1, -0.05) is 12.1 Å². The summed E-state index contributed by atoms with van der Waals surface area (Å²) < 4.78 is 30.9. The quantitative estimate of drug-likeness (QED) is 0.211. The number of carbonyl (C=O) groups is 1. The molecule has 7 rings (SSSR count). The van der Waals surface area contributed by atoms with Gasteiger partial charge in [-0.25, -0.2) is 14.4 Å². The highest BCUT2D eigenvalue weighted by atomic mass is 19.1. The summed E-state index contributed by atoms with van der Waals surface area (Å²) >= 11 is 0. The van der Waals surface area contributed by atoms with E-state index in [-0.39, 0.29) is 17.4 Å². The minimum atomic E-state index is -0.608. The molecule has 1 saturated carbocycles. The molecule has 12 heteroatoms. The lowest BCUT2D eigenvalue weighted by Gasteiger charge is -2.28. The van der Waals surface area contributed by atoms with Crippen molar-refractivity contribution in [1.29, 1.82) is 0 Å². The SMILES string of the molecule is COc1ccc(CN2CCc3c(C4CC4)ncn3-c3cc(C(=O)Nc4cccc(-c5nncn5C(C)C)n4)c(F)cc3C2)c(OC)c1. The molecule has 3 aromatic heterocycles. The second-order valence-corrected chi connectivity index (χ2v) is 12.3. The van der Waals surface area contributed by atoms with E-state index in [4.69, 9.17) is 14.5 Å². The maximum absolute atomic E-state index is 15.9. The first-order valence-electron chi connectivity index (χ1n) is 15.8. The van der Waals surface area contributed by atoms with Gasteiger partial charge in [0, 0.05) is 55.3 Å². The molecule has 11 nitrogen and oxygen atoms in total. The van der Waals surface area contributed by atoms with Crippen molar-refractivity contribution in [3.05, 3.63) is 95.1 Å². The van der Waals surface area contributed by atoms with Crippen molar-refractivity contribution in [2.24, 2.45) is 0 Å². The average molecular weight is 637 g/mol. The van der Waals surface area contributed by atoms with Gasteiger partial charge in [0.15, 0.2) is 5.82 Å². The summed E-state index contributed by atoms with van der Waals surface area (Å²) in [5.41, 5.74) is 5.18. The number of pyridine rings is 1. The number of carbonyl (C=O) groups excluding carboxylic acids is 1. The van der Waals surface area contributed by atoms with Crippen molar-refractivity contribution >= 4 is 11.7 Å². The van der Waals surface area contributed by atoms with Crippen LogP contribution in [0.5, 0.6) is 11.5 Å². The Morgan fingerprint density at radius 1 is 1.09 bits per heavy atom. The summed E-state index contributed by atoms with van der Waals surface area (Å²) in [5, 5.41) is 11.0. The van der Waals surface area contributed by atoms with E-state index in [0.717, 1.165) is 65.5 Å². The van der Waals surface area contributed by atoms with Crippen molar-refractivity contribution in [2.75, 3.05) is 26.1 Å². The number of ether oxygens (including phenoxy) is 2. The molecule has 0 saturated heterocycles. The first kappa shape index (κ1) is 30.5. The molecule has 1 amide bonds. The number of halogens is 1. The molecule has 4 heterocycles. The molecule has 0 radical (unpaired) electrons. The number of fused-ring (bicyclic) bond motifs is 3. The van der Waals surface area contributed by atoms with Crippen LogP contribution < -0.4 is 14.8 Å². The minimum absolute atomic E-state index is 0.0714. The Bertz CT molecular complexity index is 1950. The van der Waals surface area contributed by atoms with Crippen LogP contribution in [0.25, 0.3) is 17.2 Å². The molecular weight excluding hydrogens is 599 g/mol. The summed E-state index contributed by atoms with van der Waals surface area (Å²) in [6.45, 7) is 5.86. The first-order chi connectivity index (χ1) is 22.8. The average Bonchev–Trinajstić information content (AvgIpc) is 3.62. The number of imidazole rings is 1. The molecule has 1 fully saturated rings. The zero-order valence-corrected chi connectivity index (χ0v) is 26.9. The van der Waals surface area contributed by atoms with E-state index in [1.54, 1.807) is 44.8 Å². The summed E-state index contributed by atoms with van der Waals surface area (Å²) in [4.78, 5) is 25.3. The molecule has 0 spiro atoms. The fourth-order valence-corrected chi connectivity index (χ4v) is 6.23. The van der Waals surface area contributed by atoms with Gasteiger partial charge in [0.25, 0.3) is 5.91 Å². The maximum atomic E-state index is 15.9. The van der Waals surface area contributed by atoms with Crippen LogP contribution >= 0.6 is 0 Å². The number of hydrogen-bond acceptors (Lipinski definition) is 8. The molecule has 1 aliphatic heterocycles. The Kier molecular flexibility index (Phi) is 8.19. The van der Waals surface area contributed by atoms with Gasteiger partial charge < -0.3 is 23.9 Å². The lowest BCUT2D eigenvalue weighted by molar-refractivity contribution is 0.102. The number of aromatic nitrogens is 6. The fraction of sp³-hybridized carbons (Fsp3) is 0.343. The standard InChI is InChI=1S/C35H37FN8O3/c1-21(2)43-20-38-41-34(43)28-6-5-7-32(39-28)40-35(45)26-16-30-24(14-27(26)36)18-42(17-23-10-11-25(46-3)15-31(23)47-4)13-12-29-33(22-8-9-22)37-19-44(29)30/h5-7,10-11,14-16,19-22H,8-9,12-13,17-18H2,1-4H3,(H,39,40,45). The van der Waals surface area contributed by atoms with Crippen molar-refractivity contribution in [3.63, 3.8) is 0 Å². The fourth-order valence-electron chi connectivity index (χ4n) is 6.23. The van der Waals surface area contributed by atoms with Gasteiger partial charge in [-0.15, -0.1) is 10.2 Å². The summed E-state index contributed by atoms with van der Waals surface area (Å²) in [6.07, 6.45) is 6.45. The van der Waals surface area contributed by atoms with Crippen LogP contribution in [0.4, 0.5) is 10.2 Å². The largest absolute Gasteiger partial charge is 0.497 e. The molecule has 2 aromatic carbocycles. The van der Waals surface area contributed by atoms with Gasteiger partial charge >= 0.3 is 0 Å². The highest BCUT2D eigenvalue weighted by Gasteiger charge is 2.32. The highest BCUT2D eigenvalue weighted by Crippen LogP contribution is 2.42. The van der Waals surface area contributed by atoms with Gasteiger partial charge in [0.2, 0.25) is 0 Å². The predicted molar refractivity (Wildman–Crippen MR) is 174 cm³/mol. The smallest absolute Gasteiger partial charge is 0.259 e. The minimum Gasteiger partial charge on any atom is -0.497 e. The zero-order valence-electron chi connectivity index (χ0n) is 26.9. The second kappa shape index (κ2) is 12.6. The van der Waals surface area contributed by atoms with E-state index in [9.17, 15) is 4.79 Å². The molecule has 0 atom stereocenters. The number of methoxy groups -OCH3 is 2. The number of hydrogen-bond donors (Lipinski definition) is 1. The number of nitrogens with zero attached hydrogens (tertiary/aromatic N) is 7. The van der Waals surface area contributed by atoms with E-state index in [2.05, 4.69) is 25.4 Å². The molecule has 47 heavy (non-hydrogen) atoms. The molecule has 2 aliphatic rings. The normalized spacial score (nSPS) is 14.7. The lowest BCUT2D eigenvalue weighted by Crippen LogP contribution is -2.29. The van der Waals surface area contributed by atoms with Gasteiger partial charge in [-0.2, -0.15) is 0 Å². The third-order valence-electron chi connectivity index (χ3n) is 8.83. The Morgan fingerprint density at radius 2 is 1.94 bits per heavy atom. The molecule has 0 unspecified atom stereocenters. The Hall–Kier alpha value is -5.10. The van der Waals surface area contributed by atoms with E-state index in [0.29, 0.717) is 30.5 Å². The van der Waals surface area contributed by atoms with Gasteiger partial charge in [0.1, 0.15) is 35.2 Å². The first-order valence-corrected chi connectivity index (χ1v) is 15.8. The summed E-state index contributed by atoms with van der Waals surface area (Å²) in [7, 11) is 3.27. The van der Waals surface area contributed by atoms with Gasteiger partial charge in [-0.05, 0) is 62.6 Å². The molecular formula is C35H37FN8O3. The third-order valence-corrected chi connectivity index (χ3v) is 8.83. The number of benzene rings is 2. The van der Waals surface area contributed by atoms with E-state index < -0.39 is 11.7 Å². The van der Waals surface area contributed by atoms with Crippen LogP contribution in [-0.2, 0) is 19.5 Å². The molecule has 5 aromatic rings. The van der Waals surface area contributed by atoms with E-state index >= 15 is 4.39 Å². The molecule has 0 bridgehead atoms. The Balaban J connectivity index is 1.22. The number of anilines is 1. The van der Waals surface area contributed by atoms with E-state index in [1.165, 1.54) is 6.07 Å². The lowest BCUT2D eigenvalue weighted by atomic mass is 10.0. The predicted octanol–water partition coefficient (Wildman–Crippen LogP) is 5.95. The van der Waals surface area contributed by atoms with Crippen molar-refractivity contribution in [3.8, 4) is 28.7 Å². The molecule has 1 N–H and O–H groups in total. The van der Waals surface area contributed by atoms with Gasteiger partial charge in [0.05, 0.1) is 37.5 Å². The Labute approximate surface area is 272 Å². The van der Waals surface area contributed by atoms with Crippen molar-refractivity contribution in [2.45, 2.75) is 58.2 Å². The topological polar surface area (TPSA) is 112 Å². The maximum Gasteiger partial charge on any atom is 0.259 e.